The molecule has 5 atom stereocenters. The number of thiophene rings is 1. The summed E-state index contributed by atoms with van der Waals surface area (Å²) in [5.41, 5.74) is 1.37. The molecule has 0 aromatic carbocycles. The lowest BCUT2D eigenvalue weighted by Crippen LogP contribution is -2.58. The second kappa shape index (κ2) is 5.11. The highest BCUT2D eigenvalue weighted by molar-refractivity contribution is 7.17. The second-order valence-corrected chi connectivity index (χ2v) is 7.97. The maximum absolute atomic E-state index is 12.3. The molecule has 5 heteroatoms. The van der Waals surface area contributed by atoms with Gasteiger partial charge in [-0.25, -0.2) is 0 Å². The zero-order valence-electron chi connectivity index (χ0n) is 11.9. The van der Waals surface area contributed by atoms with Crippen molar-refractivity contribution in [2.75, 3.05) is 13.7 Å². The van der Waals surface area contributed by atoms with Gasteiger partial charge >= 0.3 is 5.97 Å². The molecule has 21 heavy (non-hydrogen) atoms. The van der Waals surface area contributed by atoms with Crippen LogP contribution >= 0.6 is 22.9 Å². The van der Waals surface area contributed by atoms with Crippen molar-refractivity contribution >= 4 is 35.0 Å². The molecule has 4 fully saturated rings. The number of halogens is 1. The van der Waals surface area contributed by atoms with Gasteiger partial charge in [0.15, 0.2) is 0 Å². The summed E-state index contributed by atoms with van der Waals surface area (Å²) in [6, 6.07) is 5.05. The number of hydrogen-bond acceptors (Lipinski definition) is 4. The highest BCUT2D eigenvalue weighted by atomic mass is 35.5. The van der Waals surface area contributed by atoms with Crippen molar-refractivity contribution < 1.29 is 9.53 Å². The minimum absolute atomic E-state index is 0.0178. The summed E-state index contributed by atoms with van der Waals surface area (Å²) in [5, 5.41) is 0. The van der Waals surface area contributed by atoms with Crippen LogP contribution in [0, 0.1) is 11.8 Å². The van der Waals surface area contributed by atoms with Crippen LogP contribution < -0.4 is 0 Å². The lowest BCUT2D eigenvalue weighted by atomic mass is 9.71. The Morgan fingerprint density at radius 3 is 3.05 bits per heavy atom. The van der Waals surface area contributed by atoms with Gasteiger partial charge < -0.3 is 4.74 Å². The monoisotopic (exact) mass is 323 g/mol. The lowest BCUT2D eigenvalue weighted by molar-refractivity contribution is -0.153. The maximum Gasteiger partial charge on any atom is 0.310 e. The Hall–Kier alpha value is -0.840. The summed E-state index contributed by atoms with van der Waals surface area (Å²) in [6.07, 6.45) is 5.70. The Bertz CT molecular complexity index is 611. The van der Waals surface area contributed by atoms with Gasteiger partial charge in [0.2, 0.25) is 0 Å². The molecule has 4 aliphatic heterocycles. The molecule has 5 heterocycles. The van der Waals surface area contributed by atoms with Gasteiger partial charge in [-0.3, -0.25) is 9.69 Å². The van der Waals surface area contributed by atoms with Gasteiger partial charge in [-0.1, -0.05) is 17.2 Å². The molecular formula is C16H18ClNO2S. The van der Waals surface area contributed by atoms with E-state index in [1.807, 2.05) is 6.07 Å². The molecule has 0 amide bonds. The number of esters is 1. The molecule has 5 rings (SSSR count). The van der Waals surface area contributed by atoms with E-state index >= 15 is 0 Å². The van der Waals surface area contributed by atoms with E-state index in [2.05, 4.69) is 17.0 Å². The molecular weight excluding hydrogens is 306 g/mol. The Kier molecular flexibility index (Phi) is 3.36. The van der Waals surface area contributed by atoms with Crippen LogP contribution in [0.5, 0.6) is 0 Å². The fraction of sp³-hybridized carbons (Fsp3) is 0.562. The number of hydrogen-bond donors (Lipinski definition) is 0. The van der Waals surface area contributed by atoms with Crippen LogP contribution in [0.4, 0.5) is 0 Å². The van der Waals surface area contributed by atoms with Crippen LogP contribution in [0.3, 0.4) is 0 Å². The summed E-state index contributed by atoms with van der Waals surface area (Å²) in [5.74, 6) is 0.329. The number of carbonyl (C=O) groups is 1. The number of nitrogens with zero attached hydrogens (tertiary/aromatic N) is 1. The predicted octanol–water partition coefficient (Wildman–Crippen LogP) is 3.44. The highest BCUT2D eigenvalue weighted by Gasteiger charge is 2.55. The van der Waals surface area contributed by atoms with E-state index in [1.54, 1.807) is 11.3 Å². The van der Waals surface area contributed by atoms with Crippen molar-refractivity contribution in [1.29, 1.82) is 0 Å². The van der Waals surface area contributed by atoms with E-state index in [1.165, 1.54) is 24.0 Å². The third-order valence-electron chi connectivity index (χ3n) is 5.30. The summed E-state index contributed by atoms with van der Waals surface area (Å²) >= 11 is 7.62. The Morgan fingerprint density at radius 1 is 1.48 bits per heavy atom. The van der Waals surface area contributed by atoms with Gasteiger partial charge in [0, 0.05) is 23.5 Å². The first kappa shape index (κ1) is 13.8. The first-order chi connectivity index (χ1) is 10.2. The minimum Gasteiger partial charge on any atom is -0.469 e. The molecule has 4 bridgehead atoms. The smallest absolute Gasteiger partial charge is 0.310 e. The number of rotatable bonds is 2. The Balaban J connectivity index is 1.69. The zero-order chi connectivity index (χ0) is 14.6. The normalized spacial score (nSPS) is 39.0. The first-order valence-corrected chi connectivity index (χ1v) is 8.66. The molecule has 3 nitrogen and oxygen atoms in total. The van der Waals surface area contributed by atoms with Crippen LogP contribution in [0.2, 0.25) is 4.34 Å². The quantitative estimate of drug-likeness (QED) is 0.781. The Labute approximate surface area is 133 Å². The van der Waals surface area contributed by atoms with Crippen LogP contribution in [-0.4, -0.2) is 36.6 Å². The van der Waals surface area contributed by atoms with Gasteiger partial charge in [-0.2, -0.15) is 0 Å². The molecule has 0 radical (unpaired) electrons. The van der Waals surface area contributed by atoms with Crippen LogP contribution in [0.1, 0.15) is 24.1 Å². The first-order valence-electron chi connectivity index (χ1n) is 7.46. The number of fused-ring (bicyclic) bond motifs is 1. The van der Waals surface area contributed by atoms with Crippen LogP contribution in [0.15, 0.2) is 17.7 Å². The van der Waals surface area contributed by atoms with E-state index in [-0.39, 0.29) is 11.9 Å². The SMILES string of the molecule is COC(=O)C1C2CC3CCC1N3C/C2=C\c1ccc(Cl)s1. The number of ether oxygens (including phenoxy) is 1. The summed E-state index contributed by atoms with van der Waals surface area (Å²) < 4.78 is 5.90. The fourth-order valence-corrected chi connectivity index (χ4v) is 5.51. The van der Waals surface area contributed by atoms with Crippen molar-refractivity contribution in [3.8, 4) is 0 Å². The van der Waals surface area contributed by atoms with Gasteiger partial charge in [-0.15, -0.1) is 11.3 Å². The lowest BCUT2D eigenvalue weighted by Gasteiger charge is -2.50. The molecule has 1 aromatic rings. The van der Waals surface area contributed by atoms with Gasteiger partial charge in [0.1, 0.15) is 0 Å². The van der Waals surface area contributed by atoms with E-state index in [0.29, 0.717) is 18.0 Å². The minimum atomic E-state index is -0.0369. The molecule has 5 unspecified atom stereocenters. The topological polar surface area (TPSA) is 29.5 Å². The van der Waals surface area contributed by atoms with Crippen molar-refractivity contribution in [3.63, 3.8) is 0 Å². The van der Waals surface area contributed by atoms with Crippen molar-refractivity contribution in [2.45, 2.75) is 31.3 Å². The second-order valence-electron chi connectivity index (χ2n) is 6.22. The van der Waals surface area contributed by atoms with Gasteiger partial charge in [-0.05, 0) is 43.4 Å². The zero-order valence-corrected chi connectivity index (χ0v) is 13.5. The third kappa shape index (κ3) is 2.16. The van der Waals surface area contributed by atoms with Gasteiger partial charge in [0.25, 0.3) is 0 Å². The molecule has 0 N–H and O–H groups in total. The molecule has 112 valence electrons. The van der Waals surface area contributed by atoms with E-state index in [9.17, 15) is 4.79 Å². The standard InChI is InChI=1S/C16H18ClNO2S/c1-20-16(19)15-12-7-10-2-4-13(15)18(10)8-9(12)6-11-3-5-14(17)21-11/h3,5-6,10,12-13,15H,2,4,7-8H2,1H3/b9-6+. The summed E-state index contributed by atoms with van der Waals surface area (Å²) in [4.78, 5) is 16.0. The van der Waals surface area contributed by atoms with Crippen molar-refractivity contribution in [1.82, 2.24) is 4.90 Å². The maximum atomic E-state index is 12.3. The van der Waals surface area contributed by atoms with Crippen LogP contribution in [-0.2, 0) is 9.53 Å². The summed E-state index contributed by atoms with van der Waals surface area (Å²) in [7, 11) is 1.51. The molecule has 0 aliphatic carbocycles. The number of piperidine rings is 3. The third-order valence-corrected chi connectivity index (χ3v) is 6.48. The molecule has 4 saturated heterocycles. The Morgan fingerprint density at radius 2 is 2.33 bits per heavy atom. The molecule has 0 saturated carbocycles. The highest BCUT2D eigenvalue weighted by Crippen LogP contribution is 2.51. The fourth-order valence-electron chi connectivity index (χ4n) is 4.47. The van der Waals surface area contributed by atoms with Crippen molar-refractivity contribution in [2.24, 2.45) is 11.8 Å². The number of carbonyl (C=O) groups excluding carboxylic acids is 1. The largest absolute Gasteiger partial charge is 0.469 e. The summed E-state index contributed by atoms with van der Waals surface area (Å²) in [6.45, 7) is 1.00. The molecule has 1 aromatic heterocycles. The molecule has 0 spiro atoms. The average molecular weight is 324 g/mol. The van der Waals surface area contributed by atoms with E-state index in [4.69, 9.17) is 16.3 Å². The number of methoxy groups -OCH3 is 1. The van der Waals surface area contributed by atoms with Crippen LogP contribution in [0.25, 0.3) is 6.08 Å². The van der Waals surface area contributed by atoms with E-state index in [0.717, 1.165) is 23.7 Å². The molecule has 4 aliphatic rings. The van der Waals surface area contributed by atoms with E-state index < -0.39 is 0 Å². The van der Waals surface area contributed by atoms with Gasteiger partial charge in [0.05, 0.1) is 17.4 Å². The van der Waals surface area contributed by atoms with Crippen molar-refractivity contribution in [3.05, 3.63) is 26.9 Å². The predicted molar refractivity (Wildman–Crippen MR) is 84.4 cm³/mol. The average Bonchev–Trinajstić information content (AvgIpc) is 3.02.